The molecule has 1 nitrogen and oxygen atoms in total. The molecule has 23 valence electrons. The molecule has 0 aromatic carbocycles. The predicted octanol–water partition coefficient (Wildman–Crippen LogP) is -0.163. The van der Waals surface area contributed by atoms with E-state index in [1.54, 1.807) is 0 Å². The zero-order valence-corrected chi connectivity index (χ0v) is 6.62. The Morgan fingerprint density at radius 3 is 1.00 bits per heavy atom. The molecule has 0 heterocycles. The topological polar surface area (TPSA) is 35.0 Å². The maximum atomic E-state index is 0. The van der Waals surface area contributed by atoms with E-state index in [2.05, 4.69) is 0 Å². The zero-order valence-electron chi connectivity index (χ0n) is 2.49. The van der Waals surface area contributed by atoms with E-state index in [4.69, 9.17) is 0 Å². The van der Waals surface area contributed by atoms with Gasteiger partial charge in [-0.2, -0.15) is 9.90 Å². The molecule has 0 spiro atoms. The largest absolute Gasteiger partial charge is 0.344 e. The van der Waals surface area contributed by atoms with Crippen molar-refractivity contribution < 1.29 is 21.7 Å². The summed E-state index contributed by atoms with van der Waals surface area (Å²) in [6, 6.07) is 0. The summed E-state index contributed by atoms with van der Waals surface area (Å²) >= 11 is 0. The molecular formula is H6AlNPTi. The molecule has 1 unspecified atom stereocenters. The van der Waals surface area contributed by atoms with Crippen molar-refractivity contribution >= 4 is 27.3 Å². The van der Waals surface area contributed by atoms with Crippen LogP contribution < -0.4 is 6.15 Å². The third-order valence-corrected chi connectivity index (χ3v) is 0. The maximum absolute atomic E-state index is 0. The third-order valence-electron chi connectivity index (χ3n) is 0. The predicted molar refractivity (Wildman–Crippen MR) is 21.9 cm³/mol. The fourth-order valence-electron chi connectivity index (χ4n) is 0. The fourth-order valence-corrected chi connectivity index (χ4v) is 0. The molecule has 0 aromatic rings. The first-order valence-electron chi connectivity index (χ1n) is 0. The van der Waals surface area contributed by atoms with Crippen LogP contribution in [-0.4, -0.2) is 17.4 Å². The van der Waals surface area contributed by atoms with Crippen molar-refractivity contribution in [1.82, 2.24) is 6.15 Å². The van der Waals surface area contributed by atoms with Gasteiger partial charge >= 0.3 is 0 Å². The van der Waals surface area contributed by atoms with Gasteiger partial charge in [0.05, 0.1) is 0 Å². The Morgan fingerprint density at radius 1 is 1.00 bits per heavy atom. The molecule has 4 heavy (non-hydrogen) atoms. The minimum absolute atomic E-state index is 0. The van der Waals surface area contributed by atoms with Crippen molar-refractivity contribution in [2.24, 2.45) is 0 Å². The van der Waals surface area contributed by atoms with E-state index in [9.17, 15) is 0 Å². The molecule has 0 saturated carbocycles. The molecule has 0 saturated heterocycles. The van der Waals surface area contributed by atoms with Crippen molar-refractivity contribution in [2.45, 2.75) is 0 Å². The van der Waals surface area contributed by atoms with Crippen LogP contribution in [0.2, 0.25) is 0 Å². The van der Waals surface area contributed by atoms with Gasteiger partial charge in [-0.1, -0.05) is 0 Å². The van der Waals surface area contributed by atoms with Gasteiger partial charge < -0.3 is 6.15 Å². The van der Waals surface area contributed by atoms with E-state index in [1.165, 1.54) is 0 Å². The van der Waals surface area contributed by atoms with Gasteiger partial charge in [-0.15, -0.1) is 0 Å². The van der Waals surface area contributed by atoms with Crippen LogP contribution in [-0.2, 0) is 21.7 Å². The normalized spacial score (nSPS) is 0. The molecule has 3 radical (unpaired) electrons. The van der Waals surface area contributed by atoms with Crippen molar-refractivity contribution in [3.05, 3.63) is 0 Å². The van der Waals surface area contributed by atoms with Crippen molar-refractivity contribution in [3.8, 4) is 0 Å². The Bertz CT molecular complexity index is 8.00. The van der Waals surface area contributed by atoms with Crippen LogP contribution in [0.4, 0.5) is 0 Å². The molecule has 3 N–H and O–H groups in total. The molecule has 0 bridgehead atoms. The van der Waals surface area contributed by atoms with E-state index < -0.39 is 0 Å². The van der Waals surface area contributed by atoms with Crippen LogP contribution in [0.5, 0.6) is 0 Å². The van der Waals surface area contributed by atoms with E-state index in [0.717, 1.165) is 0 Å². The minimum atomic E-state index is 0. The molecule has 0 aliphatic carbocycles. The Morgan fingerprint density at radius 2 is 1.00 bits per heavy atom. The van der Waals surface area contributed by atoms with Crippen LogP contribution in [0.15, 0.2) is 0 Å². The second-order valence-corrected chi connectivity index (χ2v) is 0. The monoisotopic (exact) mass is 126 g/mol. The first-order valence-corrected chi connectivity index (χ1v) is 0. The van der Waals surface area contributed by atoms with Gasteiger partial charge in [-0.05, 0) is 0 Å². The Labute approximate surface area is 55.1 Å². The van der Waals surface area contributed by atoms with Gasteiger partial charge in [0.25, 0.3) is 0 Å². The van der Waals surface area contributed by atoms with Gasteiger partial charge in [0.2, 0.25) is 0 Å². The second kappa shape index (κ2) is 22.9. The molecule has 0 aliphatic rings. The van der Waals surface area contributed by atoms with Crippen LogP contribution >= 0.6 is 9.90 Å². The van der Waals surface area contributed by atoms with Crippen LogP contribution in [0.1, 0.15) is 0 Å². The van der Waals surface area contributed by atoms with E-state index >= 15 is 0 Å². The number of rotatable bonds is 0. The van der Waals surface area contributed by atoms with Crippen LogP contribution in [0, 0.1) is 0 Å². The van der Waals surface area contributed by atoms with Gasteiger partial charge in [0.15, 0.2) is 0 Å². The van der Waals surface area contributed by atoms with Crippen LogP contribution in [0.3, 0.4) is 0 Å². The van der Waals surface area contributed by atoms with Crippen LogP contribution in [0.25, 0.3) is 0 Å². The summed E-state index contributed by atoms with van der Waals surface area (Å²) < 4.78 is 0. The first-order chi connectivity index (χ1) is 0. The van der Waals surface area contributed by atoms with E-state index in [0.29, 0.717) is 0 Å². The fraction of sp³-hybridized carbons (Fsp3) is 0. The summed E-state index contributed by atoms with van der Waals surface area (Å²) in [5, 5.41) is 0. The molecule has 4 heteroatoms. The van der Waals surface area contributed by atoms with Gasteiger partial charge in [0.1, 0.15) is 0 Å². The smallest absolute Gasteiger partial charge is 0 e. The zero-order chi connectivity index (χ0) is 0. The molecule has 1 atom stereocenters. The molecular weight excluding hydrogens is 120 g/mol. The summed E-state index contributed by atoms with van der Waals surface area (Å²) in [7, 11) is 0. The average Bonchev–Trinajstić information content (AvgIpc) is 0. The summed E-state index contributed by atoms with van der Waals surface area (Å²) in [6.07, 6.45) is 0. The summed E-state index contributed by atoms with van der Waals surface area (Å²) in [5.74, 6) is 0. The molecule has 0 fully saturated rings. The number of hydrogen-bond acceptors (Lipinski definition) is 1. The molecule has 0 rings (SSSR count). The Kier molecular flexibility index (Phi) is 259. The van der Waals surface area contributed by atoms with E-state index in [-0.39, 0.29) is 55.1 Å². The maximum Gasteiger partial charge on any atom is 0 e. The van der Waals surface area contributed by atoms with Gasteiger partial charge in [-0.25, -0.2) is 0 Å². The van der Waals surface area contributed by atoms with Crippen molar-refractivity contribution in [2.75, 3.05) is 0 Å². The van der Waals surface area contributed by atoms with Gasteiger partial charge in [-0.3, -0.25) is 0 Å². The Balaban J connectivity index is 0. The summed E-state index contributed by atoms with van der Waals surface area (Å²) in [4.78, 5) is 0. The van der Waals surface area contributed by atoms with Crippen molar-refractivity contribution in [3.63, 3.8) is 0 Å². The SMILES string of the molecule is N.P.[Al].[Ti]. The van der Waals surface area contributed by atoms with Crippen molar-refractivity contribution in [1.29, 1.82) is 0 Å². The quantitative estimate of drug-likeness (QED) is 0.355. The number of hydrogen-bond donors (Lipinski definition) is 1. The molecule has 0 amide bonds. The second-order valence-electron chi connectivity index (χ2n) is 0. The first kappa shape index (κ1) is 45.2. The molecule has 0 aliphatic heterocycles. The molecule has 0 aromatic heterocycles. The summed E-state index contributed by atoms with van der Waals surface area (Å²) in [6.45, 7) is 0. The third kappa shape index (κ3) is 9.44. The summed E-state index contributed by atoms with van der Waals surface area (Å²) in [5.41, 5.74) is 0. The van der Waals surface area contributed by atoms with Gasteiger partial charge in [0, 0.05) is 39.1 Å². The standard InChI is InChI=1S/Al.H3N.H3P.Ti/h;2*1H3;. The average molecular weight is 126 g/mol. The van der Waals surface area contributed by atoms with E-state index in [1.807, 2.05) is 0 Å². The Hall–Kier alpha value is 1.64. The minimum Gasteiger partial charge on any atom is -0.344 e.